The van der Waals surface area contributed by atoms with Gasteiger partial charge in [0.1, 0.15) is 5.75 Å². The van der Waals surface area contributed by atoms with Crippen LogP contribution in [0.1, 0.15) is 31.0 Å². The molecule has 10 nitrogen and oxygen atoms in total. The van der Waals surface area contributed by atoms with Gasteiger partial charge in [-0.15, -0.1) is 0 Å². The molecule has 0 unspecified atom stereocenters. The van der Waals surface area contributed by atoms with Gasteiger partial charge in [0.05, 0.1) is 50.7 Å². The van der Waals surface area contributed by atoms with E-state index in [0.717, 1.165) is 0 Å². The Labute approximate surface area is 254 Å². The third-order valence-corrected chi connectivity index (χ3v) is 8.30. The number of aromatic nitrogens is 1. The van der Waals surface area contributed by atoms with Gasteiger partial charge >= 0.3 is 11.9 Å². The van der Waals surface area contributed by atoms with E-state index in [1.165, 1.54) is 23.0 Å². The number of thiazole rings is 1. The standard InChI is InChI=1S/C27H24BrIN2O8S/c1-5-38-26(35)22-13(2)30-27-31(23(22)15-6-7-18(36-3)16(28)11-15)25(34)20(40-27)10-14-8-17(29)24(19(9-14)37-4)39-12-21(32)33/h6-11,23H,5,12H2,1-4H3,(H,32,33)/b20-10-/t23-/m0/s1. The van der Waals surface area contributed by atoms with Gasteiger partial charge in [-0.3, -0.25) is 9.36 Å². The average molecular weight is 743 g/mol. The largest absolute Gasteiger partial charge is 0.496 e. The Bertz CT molecular complexity index is 1710. The van der Waals surface area contributed by atoms with Crippen molar-refractivity contribution in [2.75, 3.05) is 27.4 Å². The molecule has 0 amide bonds. The number of benzene rings is 2. The van der Waals surface area contributed by atoms with Gasteiger partial charge in [0.25, 0.3) is 5.56 Å². The molecule has 0 saturated carbocycles. The van der Waals surface area contributed by atoms with Gasteiger partial charge in [0, 0.05) is 0 Å². The summed E-state index contributed by atoms with van der Waals surface area (Å²) in [4.78, 5) is 43.0. The van der Waals surface area contributed by atoms with Gasteiger partial charge in [-0.2, -0.15) is 0 Å². The van der Waals surface area contributed by atoms with Crippen molar-refractivity contribution in [3.63, 3.8) is 0 Å². The summed E-state index contributed by atoms with van der Waals surface area (Å²) in [7, 11) is 3.00. The lowest BCUT2D eigenvalue weighted by Gasteiger charge is -2.25. The number of esters is 1. The van der Waals surface area contributed by atoms with Gasteiger partial charge in [-0.1, -0.05) is 17.4 Å². The molecule has 0 spiro atoms. The molecule has 1 aromatic heterocycles. The molecule has 1 aliphatic rings. The van der Waals surface area contributed by atoms with Crippen molar-refractivity contribution in [2.24, 2.45) is 4.99 Å². The van der Waals surface area contributed by atoms with Gasteiger partial charge in [0.2, 0.25) is 0 Å². The van der Waals surface area contributed by atoms with E-state index in [-0.39, 0.29) is 17.7 Å². The predicted octanol–water partition coefficient (Wildman–Crippen LogP) is 3.65. The van der Waals surface area contributed by atoms with E-state index in [1.807, 2.05) is 28.7 Å². The first-order valence-corrected chi connectivity index (χ1v) is 14.5. The third kappa shape index (κ3) is 5.95. The Morgan fingerprint density at radius 1 is 1.20 bits per heavy atom. The van der Waals surface area contributed by atoms with Gasteiger partial charge < -0.3 is 24.1 Å². The fraction of sp³-hybridized carbons (Fsp3) is 0.259. The molecule has 2 heterocycles. The van der Waals surface area contributed by atoms with Crippen molar-refractivity contribution in [1.82, 2.24) is 4.57 Å². The molecular formula is C27H24BrIN2O8S. The van der Waals surface area contributed by atoms with Gasteiger partial charge in [-0.05, 0) is 93.8 Å². The molecule has 40 heavy (non-hydrogen) atoms. The minimum absolute atomic E-state index is 0.172. The van der Waals surface area contributed by atoms with Crippen LogP contribution in [0, 0.1) is 3.57 Å². The Balaban J connectivity index is 1.90. The zero-order chi connectivity index (χ0) is 29.1. The van der Waals surface area contributed by atoms with Crippen molar-refractivity contribution in [3.8, 4) is 17.2 Å². The topological polar surface area (TPSA) is 126 Å². The summed E-state index contributed by atoms with van der Waals surface area (Å²) in [6.45, 7) is 3.09. The number of allylic oxidation sites excluding steroid dienone is 1. The van der Waals surface area contributed by atoms with Crippen LogP contribution in [0.15, 0.2) is 55.9 Å². The second-order valence-electron chi connectivity index (χ2n) is 8.41. The second kappa shape index (κ2) is 12.6. The number of halogens is 2. The highest BCUT2D eigenvalue weighted by atomic mass is 127. The van der Waals surface area contributed by atoms with E-state index in [0.29, 0.717) is 51.4 Å². The predicted molar refractivity (Wildman–Crippen MR) is 160 cm³/mol. The van der Waals surface area contributed by atoms with Crippen molar-refractivity contribution in [2.45, 2.75) is 19.9 Å². The van der Waals surface area contributed by atoms with E-state index in [4.69, 9.17) is 24.1 Å². The number of rotatable bonds is 9. The number of carboxylic acids is 1. The normalized spacial score (nSPS) is 14.8. The third-order valence-electron chi connectivity index (χ3n) is 5.90. The summed E-state index contributed by atoms with van der Waals surface area (Å²) in [5.74, 6) is -0.434. The average Bonchev–Trinajstić information content (AvgIpc) is 3.20. The van der Waals surface area contributed by atoms with Gasteiger partial charge in [0.15, 0.2) is 22.9 Å². The number of nitrogens with zero attached hydrogens (tertiary/aromatic N) is 2. The van der Waals surface area contributed by atoms with E-state index in [1.54, 1.807) is 51.3 Å². The first kappa shape index (κ1) is 29.8. The Hall–Kier alpha value is -3.17. The molecule has 13 heteroatoms. The minimum atomic E-state index is -1.11. The molecule has 2 aromatic carbocycles. The lowest BCUT2D eigenvalue weighted by molar-refractivity contribution is -0.140. The number of carbonyl (C=O) groups is 2. The number of fused-ring (bicyclic) bond motifs is 1. The van der Waals surface area contributed by atoms with E-state index in [2.05, 4.69) is 20.9 Å². The summed E-state index contributed by atoms with van der Waals surface area (Å²) in [6, 6.07) is 8.00. The van der Waals surface area contributed by atoms with E-state index in [9.17, 15) is 14.4 Å². The highest BCUT2D eigenvalue weighted by molar-refractivity contribution is 14.1. The SMILES string of the molecule is CCOC(=O)C1=C(C)N=c2s/c(=C\c3cc(I)c(OCC(=O)O)c(OC)c3)c(=O)n2[C@H]1c1ccc(OC)c(Br)c1. The van der Waals surface area contributed by atoms with Crippen LogP contribution >= 0.6 is 49.9 Å². The summed E-state index contributed by atoms with van der Waals surface area (Å²) in [5, 5.41) is 8.98. The second-order valence-corrected chi connectivity index (χ2v) is 11.4. The molecule has 0 aliphatic carbocycles. The lowest BCUT2D eigenvalue weighted by Crippen LogP contribution is -2.40. The number of methoxy groups -OCH3 is 2. The highest BCUT2D eigenvalue weighted by Gasteiger charge is 2.33. The zero-order valence-corrected chi connectivity index (χ0v) is 26.4. The van der Waals surface area contributed by atoms with Crippen molar-refractivity contribution < 1.29 is 33.6 Å². The smallest absolute Gasteiger partial charge is 0.341 e. The Kier molecular flexibility index (Phi) is 9.36. The summed E-state index contributed by atoms with van der Waals surface area (Å²) in [6.07, 6.45) is 1.69. The number of aliphatic carboxylic acids is 1. The Morgan fingerprint density at radius 3 is 2.55 bits per heavy atom. The highest BCUT2D eigenvalue weighted by Crippen LogP contribution is 2.36. The zero-order valence-electron chi connectivity index (χ0n) is 21.8. The first-order valence-electron chi connectivity index (χ1n) is 11.8. The van der Waals surface area contributed by atoms with Crippen LogP contribution in [0.4, 0.5) is 0 Å². The van der Waals surface area contributed by atoms with Crippen molar-refractivity contribution in [3.05, 3.63) is 80.5 Å². The molecule has 3 aromatic rings. The monoisotopic (exact) mass is 742 g/mol. The number of hydrogen-bond donors (Lipinski definition) is 1. The van der Waals surface area contributed by atoms with Crippen LogP contribution in [0.3, 0.4) is 0 Å². The van der Waals surface area contributed by atoms with Crippen LogP contribution in [0.2, 0.25) is 0 Å². The maximum absolute atomic E-state index is 13.9. The number of carboxylic acid groups (broad SMARTS) is 1. The molecule has 4 rings (SSSR count). The van der Waals surface area contributed by atoms with Crippen molar-refractivity contribution in [1.29, 1.82) is 0 Å². The number of ether oxygens (including phenoxy) is 4. The van der Waals surface area contributed by atoms with Gasteiger partial charge in [-0.25, -0.2) is 14.6 Å². The maximum Gasteiger partial charge on any atom is 0.341 e. The van der Waals surface area contributed by atoms with E-state index >= 15 is 0 Å². The van der Waals surface area contributed by atoms with Crippen LogP contribution in [-0.4, -0.2) is 49.0 Å². The Morgan fingerprint density at radius 2 is 1.93 bits per heavy atom. The quantitative estimate of drug-likeness (QED) is 0.261. The number of hydrogen-bond acceptors (Lipinski definition) is 9. The maximum atomic E-state index is 13.9. The van der Waals surface area contributed by atoms with Crippen LogP contribution in [0.25, 0.3) is 6.08 Å². The van der Waals surface area contributed by atoms with Crippen LogP contribution in [0.5, 0.6) is 17.2 Å². The summed E-state index contributed by atoms with van der Waals surface area (Å²) >= 11 is 6.71. The fourth-order valence-corrected chi connectivity index (χ4v) is 6.59. The molecular weight excluding hydrogens is 719 g/mol. The lowest BCUT2D eigenvalue weighted by atomic mass is 9.96. The molecule has 0 bridgehead atoms. The van der Waals surface area contributed by atoms with Crippen molar-refractivity contribution >= 4 is 67.9 Å². The molecule has 1 aliphatic heterocycles. The van der Waals surface area contributed by atoms with Crippen LogP contribution < -0.4 is 29.1 Å². The molecule has 0 fully saturated rings. The molecule has 0 radical (unpaired) electrons. The molecule has 0 saturated heterocycles. The first-order chi connectivity index (χ1) is 19.1. The summed E-state index contributed by atoms with van der Waals surface area (Å²) < 4.78 is 24.7. The molecule has 1 N–H and O–H groups in total. The fourth-order valence-electron chi connectivity index (χ4n) is 4.21. The minimum Gasteiger partial charge on any atom is -0.496 e. The molecule has 210 valence electrons. The van der Waals surface area contributed by atoms with E-state index < -0.39 is 24.6 Å². The molecule has 1 atom stereocenters. The summed E-state index contributed by atoms with van der Waals surface area (Å²) in [5.41, 5.74) is 1.71. The van der Waals surface area contributed by atoms with Crippen LogP contribution in [-0.2, 0) is 14.3 Å². The number of carbonyl (C=O) groups excluding carboxylic acids is 1.